The molecular formula is C25H37N3O3S. The molecule has 1 aliphatic heterocycles. The second kappa shape index (κ2) is 13.6. The molecule has 3 rings (SSSR count). The third-order valence-electron chi connectivity index (χ3n) is 5.73. The Labute approximate surface area is 196 Å². The molecule has 1 saturated heterocycles. The molecule has 176 valence electrons. The zero-order valence-corrected chi connectivity index (χ0v) is 20.4. The monoisotopic (exact) mass is 459 g/mol. The summed E-state index contributed by atoms with van der Waals surface area (Å²) in [6, 6.07) is 7.96. The first-order chi connectivity index (χ1) is 15.7. The van der Waals surface area contributed by atoms with Crippen LogP contribution in [0.5, 0.6) is 5.75 Å². The Bertz CT molecular complexity index is 820. The highest BCUT2D eigenvalue weighted by molar-refractivity contribution is 7.13. The van der Waals surface area contributed by atoms with Crippen LogP contribution in [-0.4, -0.2) is 73.2 Å². The molecule has 0 atom stereocenters. The standard InChI is InChI=1S/C25H37N3O3S/c1-3-5-6-9-12-28(14-13-27-15-17-30-18-16-27)24(29)19-21-20-32-25(26-21)22-10-7-8-11-23(22)31-4-2/h7-8,10-11,20H,3-6,9,12-19H2,1-2H3. The van der Waals surface area contributed by atoms with Crippen molar-refractivity contribution in [2.24, 2.45) is 0 Å². The van der Waals surface area contributed by atoms with Gasteiger partial charge in [0.05, 0.1) is 37.5 Å². The number of hydrogen-bond acceptors (Lipinski definition) is 6. The van der Waals surface area contributed by atoms with Gasteiger partial charge in [0.1, 0.15) is 10.8 Å². The Balaban J connectivity index is 1.61. The number of carbonyl (C=O) groups excluding carboxylic acids is 1. The van der Waals surface area contributed by atoms with E-state index in [0.717, 1.165) is 74.4 Å². The van der Waals surface area contributed by atoms with Gasteiger partial charge in [-0.25, -0.2) is 4.98 Å². The lowest BCUT2D eigenvalue weighted by molar-refractivity contribution is -0.131. The first kappa shape index (κ1) is 24.7. The highest BCUT2D eigenvalue weighted by Crippen LogP contribution is 2.32. The van der Waals surface area contributed by atoms with Gasteiger partial charge in [0, 0.05) is 38.1 Å². The van der Waals surface area contributed by atoms with Crippen molar-refractivity contribution in [2.75, 3.05) is 52.5 Å². The molecule has 2 aromatic rings. The fourth-order valence-corrected chi connectivity index (χ4v) is 4.73. The molecule has 0 bridgehead atoms. The molecular weight excluding hydrogens is 422 g/mol. The van der Waals surface area contributed by atoms with Crippen LogP contribution in [0.1, 0.15) is 45.2 Å². The van der Waals surface area contributed by atoms with E-state index in [0.29, 0.717) is 13.0 Å². The third kappa shape index (κ3) is 7.57. The number of unbranched alkanes of at least 4 members (excludes halogenated alkanes) is 3. The Kier molecular flexibility index (Phi) is 10.5. The van der Waals surface area contributed by atoms with Crippen molar-refractivity contribution in [3.8, 4) is 16.3 Å². The first-order valence-electron chi connectivity index (χ1n) is 12.0. The molecule has 0 saturated carbocycles. The van der Waals surface area contributed by atoms with Gasteiger partial charge in [-0.1, -0.05) is 38.3 Å². The SMILES string of the molecule is CCCCCCN(CCN1CCOCC1)C(=O)Cc1csc(-c2ccccc2OCC)n1. The average molecular weight is 460 g/mol. The fourth-order valence-electron chi connectivity index (χ4n) is 3.88. The number of nitrogens with zero attached hydrogens (tertiary/aromatic N) is 3. The van der Waals surface area contributed by atoms with Crippen molar-refractivity contribution >= 4 is 17.2 Å². The second-order valence-corrected chi connectivity index (χ2v) is 9.00. The molecule has 0 radical (unpaired) electrons. The zero-order chi connectivity index (χ0) is 22.6. The number of morpholine rings is 1. The van der Waals surface area contributed by atoms with E-state index in [4.69, 9.17) is 14.5 Å². The fraction of sp³-hybridized carbons (Fsp3) is 0.600. The predicted octanol–water partition coefficient (Wildman–Crippen LogP) is 4.49. The Hall–Kier alpha value is -1.96. The van der Waals surface area contributed by atoms with Crippen LogP contribution >= 0.6 is 11.3 Å². The molecule has 1 aromatic carbocycles. The molecule has 0 aliphatic carbocycles. The van der Waals surface area contributed by atoms with Crippen LogP contribution in [0.3, 0.4) is 0 Å². The van der Waals surface area contributed by atoms with Crippen LogP contribution in [0, 0.1) is 0 Å². The highest BCUT2D eigenvalue weighted by Gasteiger charge is 2.19. The first-order valence-corrected chi connectivity index (χ1v) is 12.8. The Morgan fingerprint density at radius 3 is 2.75 bits per heavy atom. The quantitative estimate of drug-likeness (QED) is 0.413. The summed E-state index contributed by atoms with van der Waals surface area (Å²) >= 11 is 1.57. The van der Waals surface area contributed by atoms with Crippen LogP contribution < -0.4 is 4.74 Å². The van der Waals surface area contributed by atoms with Crippen LogP contribution in [0.2, 0.25) is 0 Å². The zero-order valence-electron chi connectivity index (χ0n) is 19.6. The maximum absolute atomic E-state index is 13.2. The average Bonchev–Trinajstić information content (AvgIpc) is 3.28. The number of ether oxygens (including phenoxy) is 2. The van der Waals surface area contributed by atoms with E-state index in [1.807, 2.05) is 41.5 Å². The summed E-state index contributed by atoms with van der Waals surface area (Å²) in [5.41, 5.74) is 1.83. The van der Waals surface area contributed by atoms with Crippen molar-refractivity contribution in [3.05, 3.63) is 35.3 Å². The largest absolute Gasteiger partial charge is 0.493 e. The summed E-state index contributed by atoms with van der Waals surface area (Å²) in [4.78, 5) is 22.4. The number of aromatic nitrogens is 1. The third-order valence-corrected chi connectivity index (χ3v) is 6.65. The summed E-state index contributed by atoms with van der Waals surface area (Å²) in [5.74, 6) is 1.01. The summed E-state index contributed by atoms with van der Waals surface area (Å²) in [7, 11) is 0. The number of benzene rings is 1. The van der Waals surface area contributed by atoms with Gasteiger partial charge in [0.15, 0.2) is 0 Å². The summed E-state index contributed by atoms with van der Waals surface area (Å²) in [6.07, 6.45) is 5.01. The molecule has 1 aromatic heterocycles. The van der Waals surface area contributed by atoms with E-state index < -0.39 is 0 Å². The predicted molar refractivity (Wildman–Crippen MR) is 130 cm³/mol. The van der Waals surface area contributed by atoms with E-state index >= 15 is 0 Å². The van der Waals surface area contributed by atoms with E-state index in [1.165, 1.54) is 19.3 Å². The molecule has 0 spiro atoms. The second-order valence-electron chi connectivity index (χ2n) is 8.15. The van der Waals surface area contributed by atoms with Gasteiger partial charge in [-0.3, -0.25) is 9.69 Å². The summed E-state index contributed by atoms with van der Waals surface area (Å²) in [5, 5.41) is 2.91. The minimum Gasteiger partial charge on any atom is -0.493 e. The summed E-state index contributed by atoms with van der Waals surface area (Å²) in [6.45, 7) is 10.8. The number of thiazole rings is 1. The van der Waals surface area contributed by atoms with Crippen molar-refractivity contribution in [1.82, 2.24) is 14.8 Å². The molecule has 0 N–H and O–H groups in total. The maximum Gasteiger partial charge on any atom is 0.228 e. The number of para-hydroxylation sites is 1. The molecule has 6 nitrogen and oxygen atoms in total. The van der Waals surface area contributed by atoms with Gasteiger partial charge >= 0.3 is 0 Å². The van der Waals surface area contributed by atoms with Gasteiger partial charge in [0.2, 0.25) is 5.91 Å². The van der Waals surface area contributed by atoms with Crippen LogP contribution in [0.15, 0.2) is 29.6 Å². The Morgan fingerprint density at radius 1 is 1.16 bits per heavy atom. The van der Waals surface area contributed by atoms with Gasteiger partial charge in [-0.15, -0.1) is 11.3 Å². The topological polar surface area (TPSA) is 54.9 Å². The van der Waals surface area contributed by atoms with Crippen LogP contribution in [-0.2, 0) is 16.0 Å². The molecule has 2 heterocycles. The molecule has 1 aliphatic rings. The summed E-state index contributed by atoms with van der Waals surface area (Å²) < 4.78 is 11.2. The lowest BCUT2D eigenvalue weighted by Crippen LogP contribution is -2.43. The lowest BCUT2D eigenvalue weighted by atomic mass is 10.2. The molecule has 7 heteroatoms. The van der Waals surface area contributed by atoms with Crippen molar-refractivity contribution in [3.63, 3.8) is 0 Å². The molecule has 0 unspecified atom stereocenters. The number of amides is 1. The smallest absolute Gasteiger partial charge is 0.228 e. The van der Waals surface area contributed by atoms with E-state index in [-0.39, 0.29) is 5.91 Å². The van der Waals surface area contributed by atoms with Gasteiger partial charge in [-0.05, 0) is 25.5 Å². The minimum absolute atomic E-state index is 0.171. The van der Waals surface area contributed by atoms with Crippen molar-refractivity contribution in [2.45, 2.75) is 46.0 Å². The minimum atomic E-state index is 0.171. The van der Waals surface area contributed by atoms with Gasteiger partial charge < -0.3 is 14.4 Å². The molecule has 1 amide bonds. The normalized spacial score (nSPS) is 14.4. The number of carbonyl (C=O) groups is 1. The van der Waals surface area contributed by atoms with Gasteiger partial charge in [0.25, 0.3) is 0 Å². The van der Waals surface area contributed by atoms with Crippen molar-refractivity contribution in [1.29, 1.82) is 0 Å². The van der Waals surface area contributed by atoms with E-state index in [9.17, 15) is 4.79 Å². The molecule has 1 fully saturated rings. The van der Waals surface area contributed by atoms with Crippen LogP contribution in [0.4, 0.5) is 0 Å². The highest BCUT2D eigenvalue weighted by atomic mass is 32.1. The van der Waals surface area contributed by atoms with Crippen molar-refractivity contribution < 1.29 is 14.3 Å². The maximum atomic E-state index is 13.2. The Morgan fingerprint density at radius 2 is 1.97 bits per heavy atom. The van der Waals surface area contributed by atoms with Gasteiger partial charge in [-0.2, -0.15) is 0 Å². The van der Waals surface area contributed by atoms with E-state index in [1.54, 1.807) is 11.3 Å². The number of hydrogen-bond donors (Lipinski definition) is 0. The lowest BCUT2D eigenvalue weighted by Gasteiger charge is -2.30. The number of rotatable bonds is 13. The van der Waals surface area contributed by atoms with E-state index in [2.05, 4.69) is 11.8 Å². The molecule has 32 heavy (non-hydrogen) atoms. The van der Waals surface area contributed by atoms with Crippen LogP contribution in [0.25, 0.3) is 10.6 Å².